The van der Waals surface area contributed by atoms with Gasteiger partial charge in [0.25, 0.3) is 0 Å². The topological polar surface area (TPSA) is 169 Å². The molecule has 1 rings (SSSR count). The normalized spacial score (nSPS) is 20.5. The third-order valence-electron chi connectivity index (χ3n) is 13.3. The monoisotopic (exact) mass is 936 g/mol. The molecule has 8 unspecified atom stereocenters. The first-order valence-electron chi connectivity index (χ1n) is 27.8. The summed E-state index contributed by atoms with van der Waals surface area (Å²) in [4.78, 5) is 13.1. The van der Waals surface area contributed by atoms with Crippen LogP contribution in [0.25, 0.3) is 0 Å². The maximum Gasteiger partial charge on any atom is 0.249 e. The summed E-state index contributed by atoms with van der Waals surface area (Å²) in [7, 11) is 0. The lowest BCUT2D eigenvalue weighted by Gasteiger charge is -2.40. The van der Waals surface area contributed by atoms with Crippen LogP contribution in [0, 0.1) is 0 Å². The molecule has 10 heteroatoms. The number of hydrogen-bond acceptors (Lipinski definition) is 9. The molecule has 8 atom stereocenters. The van der Waals surface area contributed by atoms with Gasteiger partial charge in [0.05, 0.1) is 25.4 Å². The smallest absolute Gasteiger partial charge is 0.249 e. The largest absolute Gasteiger partial charge is 0.394 e. The van der Waals surface area contributed by atoms with Gasteiger partial charge in [-0.25, -0.2) is 0 Å². The first kappa shape index (κ1) is 62.4. The van der Waals surface area contributed by atoms with Crippen molar-refractivity contribution < 1.29 is 44.9 Å². The number of aliphatic hydroxyl groups excluding tert-OH is 6. The molecule has 10 nitrogen and oxygen atoms in total. The molecule has 0 spiro atoms. The summed E-state index contributed by atoms with van der Waals surface area (Å²) in [6.07, 6.45) is 48.2. The number of rotatable bonds is 47. The van der Waals surface area contributed by atoms with Gasteiger partial charge in [-0.1, -0.05) is 243 Å². The molecule has 0 aromatic heterocycles. The van der Waals surface area contributed by atoms with Gasteiger partial charge in [0.2, 0.25) is 5.91 Å². The van der Waals surface area contributed by atoms with Gasteiger partial charge in [-0.3, -0.25) is 4.79 Å². The summed E-state index contributed by atoms with van der Waals surface area (Å²) in [6, 6.07) is -1.00. The van der Waals surface area contributed by atoms with Crippen LogP contribution in [-0.2, 0) is 14.3 Å². The maximum absolute atomic E-state index is 13.1. The van der Waals surface area contributed by atoms with Crippen LogP contribution < -0.4 is 5.32 Å². The highest BCUT2D eigenvalue weighted by Crippen LogP contribution is 2.23. The van der Waals surface area contributed by atoms with E-state index in [1.807, 2.05) is 6.08 Å². The Balaban J connectivity index is 2.26. The molecule has 0 aromatic rings. The molecule has 1 amide bonds. The molecule has 7 N–H and O–H groups in total. The second-order valence-corrected chi connectivity index (χ2v) is 19.5. The highest BCUT2D eigenvalue weighted by molar-refractivity contribution is 5.80. The van der Waals surface area contributed by atoms with Crippen LogP contribution in [0.15, 0.2) is 36.5 Å². The predicted octanol–water partition coefficient (Wildman–Crippen LogP) is 12.2. The van der Waals surface area contributed by atoms with Gasteiger partial charge >= 0.3 is 0 Å². The summed E-state index contributed by atoms with van der Waals surface area (Å²) in [5.74, 6) is -0.627. The molecule has 66 heavy (non-hydrogen) atoms. The first-order chi connectivity index (χ1) is 32.3. The van der Waals surface area contributed by atoms with E-state index in [-0.39, 0.29) is 6.61 Å². The van der Waals surface area contributed by atoms with Crippen LogP contribution in [-0.4, -0.2) is 98.7 Å². The van der Waals surface area contributed by atoms with E-state index in [1.165, 1.54) is 173 Å². The van der Waals surface area contributed by atoms with E-state index in [9.17, 15) is 35.4 Å². The maximum atomic E-state index is 13.1. The van der Waals surface area contributed by atoms with Crippen LogP contribution in [0.4, 0.5) is 0 Å². The quantitative estimate of drug-likeness (QED) is 0.0232. The minimum Gasteiger partial charge on any atom is -0.394 e. The average Bonchev–Trinajstić information content (AvgIpc) is 3.32. The summed E-state index contributed by atoms with van der Waals surface area (Å²) in [5, 5.41) is 64.9. The number of nitrogens with one attached hydrogen (secondary N) is 1. The molecule has 1 fully saturated rings. The number of ether oxygens (including phenoxy) is 2. The molecule has 0 bridgehead atoms. The van der Waals surface area contributed by atoms with E-state index in [1.54, 1.807) is 6.08 Å². The average molecular weight is 936 g/mol. The molecule has 1 heterocycles. The van der Waals surface area contributed by atoms with Gasteiger partial charge in [-0.15, -0.1) is 0 Å². The van der Waals surface area contributed by atoms with Gasteiger partial charge in [0, 0.05) is 0 Å². The summed E-state index contributed by atoms with van der Waals surface area (Å²) < 4.78 is 11.2. The van der Waals surface area contributed by atoms with Crippen LogP contribution in [0.3, 0.4) is 0 Å². The molecular weight excluding hydrogens is 831 g/mol. The number of carbonyl (C=O) groups is 1. The van der Waals surface area contributed by atoms with E-state index >= 15 is 0 Å². The summed E-state index contributed by atoms with van der Waals surface area (Å²) in [5.41, 5.74) is 0. The van der Waals surface area contributed by atoms with Gasteiger partial charge < -0.3 is 45.4 Å². The Morgan fingerprint density at radius 2 is 0.894 bits per heavy atom. The fourth-order valence-electron chi connectivity index (χ4n) is 8.78. The molecule has 0 aromatic carbocycles. The van der Waals surface area contributed by atoms with Crippen molar-refractivity contribution in [3.8, 4) is 0 Å². The molecule has 1 aliphatic rings. The van der Waals surface area contributed by atoms with Crippen molar-refractivity contribution in [1.29, 1.82) is 0 Å². The number of carbonyl (C=O) groups excluding carboxylic acids is 1. The number of hydrogen-bond donors (Lipinski definition) is 7. The Kier molecular flexibility index (Phi) is 43.3. The molecule has 388 valence electrons. The number of amides is 1. The molecule has 1 aliphatic heterocycles. The van der Waals surface area contributed by atoms with Crippen LogP contribution in [0.1, 0.15) is 251 Å². The van der Waals surface area contributed by atoms with E-state index in [0.29, 0.717) is 19.3 Å². The van der Waals surface area contributed by atoms with Crippen molar-refractivity contribution in [3.05, 3.63) is 36.5 Å². The zero-order valence-corrected chi connectivity index (χ0v) is 42.6. The molecule has 0 aliphatic carbocycles. The van der Waals surface area contributed by atoms with E-state index < -0.39 is 61.5 Å². The molecular formula is C56H105NO9. The third kappa shape index (κ3) is 34.6. The highest BCUT2D eigenvalue weighted by atomic mass is 16.7. The Labute approximate surface area is 404 Å². The molecule has 0 saturated carbocycles. The van der Waals surface area contributed by atoms with E-state index in [4.69, 9.17) is 9.47 Å². The molecule has 1 saturated heterocycles. The van der Waals surface area contributed by atoms with Gasteiger partial charge in [-0.05, 0) is 44.9 Å². The fourth-order valence-corrected chi connectivity index (χ4v) is 8.78. The Bertz CT molecular complexity index is 1150. The van der Waals surface area contributed by atoms with Gasteiger partial charge in [0.1, 0.15) is 30.5 Å². The van der Waals surface area contributed by atoms with Gasteiger partial charge in [0.15, 0.2) is 6.29 Å². The molecule has 0 radical (unpaired) electrons. The van der Waals surface area contributed by atoms with Gasteiger partial charge in [-0.2, -0.15) is 0 Å². The van der Waals surface area contributed by atoms with Crippen molar-refractivity contribution in [2.75, 3.05) is 13.2 Å². The lowest BCUT2D eigenvalue weighted by Crippen LogP contribution is -2.60. The first-order valence-corrected chi connectivity index (χ1v) is 27.8. The van der Waals surface area contributed by atoms with Crippen molar-refractivity contribution in [2.45, 2.75) is 300 Å². The third-order valence-corrected chi connectivity index (χ3v) is 13.3. The predicted molar refractivity (Wildman–Crippen MR) is 273 cm³/mol. The fraction of sp³-hybridized carbons (Fsp3) is 0.875. The minimum atomic E-state index is -1.62. The number of aliphatic hydroxyl groups is 6. The van der Waals surface area contributed by atoms with Crippen molar-refractivity contribution in [1.82, 2.24) is 5.32 Å². The standard InChI is InChI=1S/C56H105NO9/c1-3-5-7-9-11-13-15-17-19-20-21-22-23-24-25-26-27-28-29-31-33-35-37-39-41-43-45-50(60)55(64)57-48(47-65-56-54(63)53(62)52(61)51(46-58)66-56)49(59)44-42-40-38-36-34-32-30-18-16-14-12-10-8-6-4-2/h16,18,34,36,42,44,48-54,56,58-63H,3-15,17,19-33,35,37-41,43,45-47H2,1-2H3,(H,57,64)/b18-16+,36-34+,44-42+. The lowest BCUT2D eigenvalue weighted by atomic mass is 9.99. The lowest BCUT2D eigenvalue weighted by molar-refractivity contribution is -0.302. The summed E-state index contributed by atoms with van der Waals surface area (Å²) >= 11 is 0. The van der Waals surface area contributed by atoms with Crippen molar-refractivity contribution in [2.24, 2.45) is 0 Å². The van der Waals surface area contributed by atoms with E-state index in [0.717, 1.165) is 44.9 Å². The zero-order valence-electron chi connectivity index (χ0n) is 42.6. The van der Waals surface area contributed by atoms with Crippen LogP contribution in [0.5, 0.6) is 0 Å². The number of unbranched alkanes of at least 4 members (excludes halogenated alkanes) is 32. The Morgan fingerprint density at radius 1 is 0.515 bits per heavy atom. The second-order valence-electron chi connectivity index (χ2n) is 19.5. The van der Waals surface area contributed by atoms with Crippen molar-refractivity contribution >= 4 is 5.91 Å². The number of allylic oxidation sites excluding steroid dienone is 5. The zero-order chi connectivity index (χ0) is 48.1. The van der Waals surface area contributed by atoms with Crippen molar-refractivity contribution in [3.63, 3.8) is 0 Å². The van der Waals surface area contributed by atoms with E-state index in [2.05, 4.69) is 43.5 Å². The van der Waals surface area contributed by atoms with Crippen LogP contribution in [0.2, 0.25) is 0 Å². The Morgan fingerprint density at radius 3 is 1.32 bits per heavy atom. The highest BCUT2D eigenvalue weighted by Gasteiger charge is 2.44. The SMILES string of the molecule is CCCCCCC/C=C/CC/C=C/CC/C=C/C(O)C(COC1OC(CO)C(O)C(O)C1O)NC(=O)C(O)CCCCCCCCCCCCCCCCCCCCCCCCCCCC. The second kappa shape index (κ2) is 45.8. The Hall–Kier alpha value is -1.63. The summed E-state index contributed by atoms with van der Waals surface area (Å²) in [6.45, 7) is 3.60. The van der Waals surface area contributed by atoms with Crippen LogP contribution >= 0.6 is 0 Å². The minimum absolute atomic E-state index is 0.304.